The van der Waals surface area contributed by atoms with Gasteiger partial charge in [0.1, 0.15) is 0 Å². The van der Waals surface area contributed by atoms with Gasteiger partial charge < -0.3 is 0 Å². The normalized spacial score (nSPS) is 11.8. The molecule has 23 heavy (non-hydrogen) atoms. The van der Waals surface area contributed by atoms with Gasteiger partial charge in [0.15, 0.2) is 0 Å². The zero-order chi connectivity index (χ0) is 16.5. The van der Waals surface area contributed by atoms with Crippen LogP contribution in [0.3, 0.4) is 0 Å². The highest BCUT2D eigenvalue weighted by atomic mass is 31.2. The molecule has 0 unspecified atom stereocenters. The summed E-state index contributed by atoms with van der Waals surface area (Å²) < 4.78 is 16.5. The van der Waals surface area contributed by atoms with Gasteiger partial charge in [0, 0.05) is 23.7 Å². The molecule has 0 amide bonds. The molecule has 3 heteroatoms. The molecule has 2 nitrogen and oxygen atoms in total. The van der Waals surface area contributed by atoms with E-state index in [1.807, 2.05) is 60.7 Å². The van der Waals surface area contributed by atoms with Gasteiger partial charge in [-0.2, -0.15) is 0 Å². The average Bonchev–Trinajstić information content (AvgIpc) is 2.62. The van der Waals surface area contributed by atoms with Crippen LogP contribution < -0.4 is 10.6 Å². The molecule has 0 saturated heterocycles. The van der Waals surface area contributed by atoms with E-state index >= 15 is 0 Å². The van der Waals surface area contributed by atoms with Gasteiger partial charge >= 0.3 is 0 Å². The molecule has 0 bridgehead atoms. The van der Waals surface area contributed by atoms with Gasteiger partial charge in [-0.15, -0.1) is 0 Å². The Labute approximate surface area is 141 Å². The van der Waals surface area contributed by atoms with Gasteiger partial charge in [-0.1, -0.05) is 63.1 Å². The third kappa shape index (κ3) is 4.34. The van der Waals surface area contributed by atoms with Crippen molar-refractivity contribution in [2.45, 2.75) is 39.5 Å². The number of hydrogen-bond donors (Lipinski definition) is 0. The van der Waals surface area contributed by atoms with Gasteiger partial charge in [0.25, 0.3) is 0 Å². The first kappa shape index (κ1) is 18.0. The zero-order valence-corrected chi connectivity index (χ0v) is 15.2. The summed E-state index contributed by atoms with van der Waals surface area (Å²) in [5.74, 6) is 0. The summed E-state index contributed by atoms with van der Waals surface area (Å²) >= 11 is 0. The maximum absolute atomic E-state index is 14.3. The van der Waals surface area contributed by atoms with E-state index in [0.29, 0.717) is 0 Å². The molecular formula is C20H28NOP. The predicted octanol–water partition coefficient (Wildman–Crippen LogP) is 4.82. The van der Waals surface area contributed by atoms with Crippen LogP contribution in [-0.4, -0.2) is 17.8 Å². The molecule has 0 heterocycles. The molecule has 0 N–H and O–H groups in total. The standard InChI is InChI=1S/C20H28NOP/c1-3-5-17-21(18-6-4-2)23(22,19-13-9-7-10-14-19)20-15-11-8-12-16-20/h7-16H,3-6,17-18H2,1-2H3. The van der Waals surface area contributed by atoms with Crippen molar-refractivity contribution < 1.29 is 4.57 Å². The van der Waals surface area contributed by atoms with Crippen molar-refractivity contribution in [3.63, 3.8) is 0 Å². The largest absolute Gasteiger partial charge is 0.296 e. The molecule has 0 aliphatic rings. The highest BCUT2D eigenvalue weighted by Crippen LogP contribution is 2.47. The summed E-state index contributed by atoms with van der Waals surface area (Å²) in [5, 5.41) is 1.89. The molecule has 0 aliphatic carbocycles. The second kappa shape index (κ2) is 9.05. The van der Waals surface area contributed by atoms with Crippen LogP contribution in [0.1, 0.15) is 39.5 Å². The van der Waals surface area contributed by atoms with E-state index in [1.54, 1.807) is 0 Å². The van der Waals surface area contributed by atoms with E-state index < -0.39 is 7.29 Å². The fraction of sp³-hybridized carbons (Fsp3) is 0.400. The van der Waals surface area contributed by atoms with Crippen LogP contribution in [0, 0.1) is 0 Å². The second-order valence-corrected chi connectivity index (χ2v) is 8.66. The first-order valence-corrected chi connectivity index (χ1v) is 10.4. The number of nitrogens with zero attached hydrogens (tertiary/aromatic N) is 1. The van der Waals surface area contributed by atoms with E-state index in [-0.39, 0.29) is 0 Å². The van der Waals surface area contributed by atoms with Crippen molar-refractivity contribution in [2.24, 2.45) is 0 Å². The molecule has 2 aromatic rings. The third-order valence-electron chi connectivity index (χ3n) is 4.15. The first-order chi connectivity index (χ1) is 11.2. The third-order valence-corrected chi connectivity index (χ3v) is 7.34. The van der Waals surface area contributed by atoms with Crippen LogP contribution in [0.2, 0.25) is 0 Å². The molecular weight excluding hydrogens is 301 g/mol. The van der Waals surface area contributed by atoms with Crippen LogP contribution in [0.4, 0.5) is 0 Å². The molecule has 0 saturated carbocycles. The van der Waals surface area contributed by atoms with Crippen molar-refractivity contribution in [1.29, 1.82) is 0 Å². The molecule has 2 aromatic carbocycles. The van der Waals surface area contributed by atoms with Gasteiger partial charge in [-0.25, -0.2) is 4.67 Å². The van der Waals surface area contributed by atoms with Crippen LogP contribution in [0.5, 0.6) is 0 Å². The molecule has 0 radical (unpaired) electrons. The van der Waals surface area contributed by atoms with E-state index in [1.165, 1.54) is 0 Å². The van der Waals surface area contributed by atoms with Crippen molar-refractivity contribution in [3.8, 4) is 0 Å². The monoisotopic (exact) mass is 329 g/mol. The van der Waals surface area contributed by atoms with E-state index in [0.717, 1.165) is 49.4 Å². The lowest BCUT2D eigenvalue weighted by molar-refractivity contribution is 0.404. The lowest BCUT2D eigenvalue weighted by Crippen LogP contribution is -2.33. The maximum Gasteiger partial charge on any atom is 0.207 e. The summed E-state index contributed by atoms with van der Waals surface area (Å²) in [6.45, 7) is 6.15. The minimum absolute atomic E-state index is 0.886. The lowest BCUT2D eigenvalue weighted by Gasteiger charge is -2.32. The summed E-state index contributed by atoms with van der Waals surface area (Å²) in [6.07, 6.45) is 4.39. The lowest BCUT2D eigenvalue weighted by atomic mass is 10.3. The molecule has 124 valence electrons. The van der Waals surface area contributed by atoms with Crippen molar-refractivity contribution >= 4 is 17.9 Å². The van der Waals surface area contributed by atoms with Crippen molar-refractivity contribution in [1.82, 2.24) is 4.67 Å². The Kier molecular flexibility index (Phi) is 7.08. The number of hydrogen-bond acceptors (Lipinski definition) is 1. The molecule has 0 fully saturated rings. The minimum Gasteiger partial charge on any atom is -0.296 e. The molecule has 0 aliphatic heterocycles. The Morgan fingerprint density at radius 1 is 0.739 bits per heavy atom. The zero-order valence-electron chi connectivity index (χ0n) is 14.3. The fourth-order valence-electron chi connectivity index (χ4n) is 2.81. The van der Waals surface area contributed by atoms with Crippen LogP contribution >= 0.6 is 7.29 Å². The van der Waals surface area contributed by atoms with Crippen molar-refractivity contribution in [2.75, 3.05) is 13.1 Å². The van der Waals surface area contributed by atoms with Crippen molar-refractivity contribution in [3.05, 3.63) is 60.7 Å². The second-order valence-electron chi connectivity index (χ2n) is 5.91. The van der Waals surface area contributed by atoms with Crippen LogP contribution in [-0.2, 0) is 4.57 Å². The first-order valence-electron chi connectivity index (χ1n) is 8.70. The molecule has 0 aromatic heterocycles. The summed E-state index contributed by atoms with van der Waals surface area (Å²) in [6, 6.07) is 20.0. The quantitative estimate of drug-likeness (QED) is 0.615. The Balaban J connectivity index is 2.48. The Bertz CT molecular complexity index is 561. The highest BCUT2D eigenvalue weighted by Gasteiger charge is 2.33. The maximum atomic E-state index is 14.3. The number of rotatable bonds is 9. The molecule has 0 spiro atoms. The topological polar surface area (TPSA) is 20.3 Å². The fourth-order valence-corrected chi connectivity index (χ4v) is 5.76. The van der Waals surface area contributed by atoms with E-state index in [9.17, 15) is 4.57 Å². The van der Waals surface area contributed by atoms with Crippen LogP contribution in [0.15, 0.2) is 60.7 Å². The Hall–Kier alpha value is -1.37. The van der Waals surface area contributed by atoms with Gasteiger partial charge in [0.2, 0.25) is 7.29 Å². The van der Waals surface area contributed by atoms with Crippen LogP contribution in [0.25, 0.3) is 0 Å². The molecule has 2 rings (SSSR count). The summed E-state index contributed by atoms with van der Waals surface area (Å²) in [5.41, 5.74) is 0. The average molecular weight is 329 g/mol. The predicted molar refractivity (Wildman–Crippen MR) is 101 cm³/mol. The van der Waals surface area contributed by atoms with Gasteiger partial charge in [-0.3, -0.25) is 4.57 Å². The summed E-state index contributed by atoms with van der Waals surface area (Å²) in [4.78, 5) is 0. The van der Waals surface area contributed by atoms with E-state index in [2.05, 4.69) is 18.5 Å². The molecule has 0 atom stereocenters. The minimum atomic E-state index is -2.76. The van der Waals surface area contributed by atoms with E-state index in [4.69, 9.17) is 0 Å². The SMILES string of the molecule is CCCCN(CCCC)P(=O)(c1ccccc1)c1ccccc1. The highest BCUT2D eigenvalue weighted by molar-refractivity contribution is 7.76. The summed E-state index contributed by atoms with van der Waals surface area (Å²) in [7, 11) is -2.76. The smallest absolute Gasteiger partial charge is 0.207 e. The Morgan fingerprint density at radius 2 is 1.13 bits per heavy atom. The van der Waals surface area contributed by atoms with Gasteiger partial charge in [0.05, 0.1) is 0 Å². The van der Waals surface area contributed by atoms with Gasteiger partial charge in [-0.05, 0) is 37.1 Å². The number of benzene rings is 2. The Morgan fingerprint density at radius 3 is 1.48 bits per heavy atom. The number of unbranched alkanes of at least 4 members (excludes halogenated alkanes) is 2.